The van der Waals surface area contributed by atoms with E-state index in [9.17, 15) is 10.1 Å². The molecule has 0 N–H and O–H groups in total. The van der Waals surface area contributed by atoms with Crippen molar-refractivity contribution in [1.29, 1.82) is 5.26 Å². The minimum absolute atomic E-state index is 0.0608. The highest BCUT2D eigenvalue weighted by molar-refractivity contribution is 7.81. The van der Waals surface area contributed by atoms with Crippen LogP contribution in [0, 0.1) is 25.2 Å². The molecule has 0 bridgehead atoms. The Labute approximate surface area is 197 Å². The summed E-state index contributed by atoms with van der Waals surface area (Å²) in [6.07, 6.45) is 3.91. The van der Waals surface area contributed by atoms with Crippen molar-refractivity contribution in [3.63, 3.8) is 0 Å². The molecule has 166 valence electrons. The second-order valence-corrected chi connectivity index (χ2v) is 8.77. The molecule has 8 heteroatoms. The number of amides is 1. The van der Waals surface area contributed by atoms with Gasteiger partial charge in [-0.15, -0.1) is 0 Å². The highest BCUT2D eigenvalue weighted by Gasteiger charge is 2.59. The van der Waals surface area contributed by atoms with Gasteiger partial charge in [-0.1, -0.05) is 0 Å². The van der Waals surface area contributed by atoms with Crippen LogP contribution in [0.1, 0.15) is 36.3 Å². The molecule has 3 heterocycles. The quantitative estimate of drug-likeness (QED) is 0.514. The molecule has 1 aliphatic carbocycles. The highest BCUT2D eigenvalue weighted by Crippen LogP contribution is 2.49. The minimum atomic E-state index is -0.716. The van der Waals surface area contributed by atoms with Gasteiger partial charge in [0.1, 0.15) is 34.6 Å². The highest BCUT2D eigenvalue weighted by atomic mass is 32.1. The maximum absolute atomic E-state index is 13.7. The molecule has 1 aliphatic heterocycles. The molecule has 2 aliphatic rings. The van der Waals surface area contributed by atoms with Crippen LogP contribution in [0.15, 0.2) is 47.0 Å². The van der Waals surface area contributed by atoms with E-state index in [0.29, 0.717) is 40.6 Å². The second-order valence-electron chi connectivity index (χ2n) is 8.41. The maximum Gasteiger partial charge on any atom is 0.259 e. The Kier molecular flexibility index (Phi) is 4.94. The van der Waals surface area contributed by atoms with Gasteiger partial charge >= 0.3 is 0 Å². The molecule has 33 heavy (non-hydrogen) atoms. The average molecular weight is 459 g/mol. The fraction of sp³-hybridized carbons (Fsp3) is 0.280. The molecule has 7 nitrogen and oxygen atoms in total. The summed E-state index contributed by atoms with van der Waals surface area (Å²) in [6, 6.07) is 13.4. The van der Waals surface area contributed by atoms with Gasteiger partial charge in [-0.05, 0) is 81.2 Å². The molecular formula is C25H22N4O3S. The largest absolute Gasteiger partial charge is 0.496 e. The van der Waals surface area contributed by atoms with Crippen molar-refractivity contribution in [3.8, 4) is 23.1 Å². The van der Waals surface area contributed by atoms with Crippen LogP contribution in [0.2, 0.25) is 0 Å². The molecule has 0 radical (unpaired) electrons. The van der Waals surface area contributed by atoms with Crippen LogP contribution >= 0.6 is 12.2 Å². The molecule has 1 saturated carbocycles. The first-order valence-electron chi connectivity index (χ1n) is 10.7. The monoisotopic (exact) mass is 458 g/mol. The Morgan fingerprint density at radius 3 is 2.55 bits per heavy atom. The number of carbonyl (C=O) groups excluding carboxylic acids is 1. The molecule has 5 rings (SSSR count). The summed E-state index contributed by atoms with van der Waals surface area (Å²) in [4.78, 5) is 21.4. The zero-order valence-corrected chi connectivity index (χ0v) is 19.4. The Bertz CT molecular complexity index is 1340. The van der Waals surface area contributed by atoms with Gasteiger partial charge < -0.3 is 14.1 Å². The van der Waals surface area contributed by atoms with E-state index >= 15 is 0 Å². The average Bonchev–Trinajstić information content (AvgIpc) is 3.31. The van der Waals surface area contributed by atoms with Crippen molar-refractivity contribution in [2.45, 2.75) is 38.6 Å². The molecule has 1 saturated heterocycles. The van der Waals surface area contributed by atoms with E-state index in [0.717, 1.165) is 29.2 Å². The van der Waals surface area contributed by atoms with Crippen molar-refractivity contribution in [1.82, 2.24) is 4.98 Å². The lowest BCUT2D eigenvalue weighted by molar-refractivity contribution is -0.123. The third-order valence-corrected chi connectivity index (χ3v) is 6.83. The predicted molar refractivity (Wildman–Crippen MR) is 128 cm³/mol. The first kappa shape index (κ1) is 21.2. The van der Waals surface area contributed by atoms with Gasteiger partial charge in [0, 0.05) is 11.8 Å². The third-order valence-electron chi connectivity index (χ3n) is 6.47. The number of carbonyl (C=O) groups is 1. The van der Waals surface area contributed by atoms with Crippen molar-refractivity contribution in [3.05, 3.63) is 59.6 Å². The van der Waals surface area contributed by atoms with Crippen LogP contribution in [0.25, 0.3) is 11.3 Å². The lowest BCUT2D eigenvalue weighted by atomic mass is 9.75. The van der Waals surface area contributed by atoms with Gasteiger partial charge in [-0.2, -0.15) is 5.26 Å². The van der Waals surface area contributed by atoms with Crippen LogP contribution in [-0.4, -0.2) is 28.7 Å². The van der Waals surface area contributed by atoms with Gasteiger partial charge in [0.2, 0.25) is 0 Å². The normalized spacial score (nSPS) is 16.8. The lowest BCUT2D eigenvalue weighted by Crippen LogP contribution is -2.55. The van der Waals surface area contributed by atoms with Crippen LogP contribution < -0.4 is 14.5 Å². The number of furan rings is 1. The number of nitrogens with zero attached hydrogens (tertiary/aromatic N) is 4. The SMILES string of the molecule is COc1cc(N2C(=S)N(c3cnc(C#N)c(C)c3)C(=O)C23CCC3)ccc1-c1ccc(C)o1. The summed E-state index contributed by atoms with van der Waals surface area (Å²) in [5.74, 6) is 2.11. The fourth-order valence-corrected chi connectivity index (χ4v) is 5.08. The van der Waals surface area contributed by atoms with E-state index < -0.39 is 5.54 Å². The van der Waals surface area contributed by atoms with E-state index in [1.807, 2.05) is 42.2 Å². The van der Waals surface area contributed by atoms with Crippen LogP contribution in [-0.2, 0) is 4.79 Å². The maximum atomic E-state index is 13.7. The molecular weight excluding hydrogens is 436 g/mol. The predicted octanol–water partition coefficient (Wildman–Crippen LogP) is 4.90. The zero-order valence-electron chi connectivity index (χ0n) is 18.6. The summed E-state index contributed by atoms with van der Waals surface area (Å²) in [5.41, 5.74) is 2.51. The molecule has 2 aromatic heterocycles. The van der Waals surface area contributed by atoms with Crippen molar-refractivity contribution >= 4 is 34.6 Å². The van der Waals surface area contributed by atoms with Gasteiger partial charge in [0.05, 0.1) is 24.6 Å². The van der Waals surface area contributed by atoms with Crippen LogP contribution in [0.5, 0.6) is 5.75 Å². The van der Waals surface area contributed by atoms with E-state index in [1.54, 1.807) is 25.0 Å². The Hall–Kier alpha value is -3.70. The molecule has 0 unspecified atom stereocenters. The first-order valence-corrected chi connectivity index (χ1v) is 11.1. The Morgan fingerprint density at radius 2 is 1.97 bits per heavy atom. The van der Waals surface area contributed by atoms with E-state index in [-0.39, 0.29) is 5.91 Å². The topological polar surface area (TPSA) is 82.6 Å². The number of rotatable bonds is 4. The number of ether oxygens (including phenoxy) is 1. The molecule has 2 fully saturated rings. The van der Waals surface area contributed by atoms with Gasteiger partial charge in [-0.25, -0.2) is 4.98 Å². The number of hydrogen-bond acceptors (Lipinski definition) is 6. The van der Waals surface area contributed by atoms with E-state index in [4.69, 9.17) is 21.4 Å². The van der Waals surface area contributed by atoms with Crippen LogP contribution in [0.4, 0.5) is 11.4 Å². The fourth-order valence-electron chi connectivity index (χ4n) is 4.61. The number of nitriles is 1. The minimum Gasteiger partial charge on any atom is -0.496 e. The van der Waals surface area contributed by atoms with Gasteiger partial charge in [0.15, 0.2) is 5.11 Å². The standard InChI is InChI=1S/C25H22N4O3S/c1-15-11-18(14-27-20(15)13-26)28-23(30)25(9-4-10-25)29(24(28)33)17-6-7-19(22(12-17)31-3)21-8-5-16(2)32-21/h5-8,11-12,14H,4,9-10H2,1-3H3. The number of methoxy groups -OCH3 is 1. The molecule has 0 atom stereocenters. The Balaban J connectivity index is 1.58. The van der Waals surface area contributed by atoms with Crippen molar-refractivity contribution in [2.75, 3.05) is 16.9 Å². The van der Waals surface area contributed by atoms with Crippen molar-refractivity contribution < 1.29 is 13.9 Å². The van der Waals surface area contributed by atoms with Gasteiger partial charge in [-0.3, -0.25) is 9.69 Å². The molecule has 1 spiro atoms. The lowest BCUT2D eigenvalue weighted by Gasteiger charge is -2.43. The van der Waals surface area contributed by atoms with Gasteiger partial charge in [0.25, 0.3) is 5.91 Å². The molecule has 3 aromatic rings. The Morgan fingerprint density at radius 1 is 1.18 bits per heavy atom. The molecule has 1 amide bonds. The van der Waals surface area contributed by atoms with Crippen LogP contribution in [0.3, 0.4) is 0 Å². The van der Waals surface area contributed by atoms with Crippen molar-refractivity contribution in [2.24, 2.45) is 0 Å². The first-order chi connectivity index (χ1) is 15.9. The number of anilines is 2. The summed E-state index contributed by atoms with van der Waals surface area (Å²) in [5, 5.41) is 9.61. The third kappa shape index (κ3) is 3.11. The second kappa shape index (κ2) is 7.71. The zero-order chi connectivity index (χ0) is 23.3. The summed E-state index contributed by atoms with van der Waals surface area (Å²) in [6.45, 7) is 3.70. The summed E-state index contributed by atoms with van der Waals surface area (Å²) < 4.78 is 11.5. The van der Waals surface area contributed by atoms with E-state index in [2.05, 4.69) is 11.1 Å². The summed E-state index contributed by atoms with van der Waals surface area (Å²) >= 11 is 5.84. The summed E-state index contributed by atoms with van der Waals surface area (Å²) in [7, 11) is 1.61. The molecule has 1 aromatic carbocycles. The number of pyridine rings is 1. The number of benzene rings is 1. The smallest absolute Gasteiger partial charge is 0.259 e. The number of aryl methyl sites for hydroxylation is 2. The number of aromatic nitrogens is 1. The number of hydrogen-bond donors (Lipinski definition) is 0. The number of thiocarbonyl (C=S) groups is 1. The van der Waals surface area contributed by atoms with E-state index in [1.165, 1.54) is 6.20 Å².